The molecular weight excluding hydrogens is 312 g/mol. The second kappa shape index (κ2) is 10.5. The standard InChI is InChI=1S/C18H28N2O2.ClH/c1-22-16-11-9-14(10-12-16)5-4-8-18(21)20-17-7-3-2-6-15(17)13-19;/h9-12,15,17H,2-8,13,19H2,1H3,(H,20,21);1H. The number of carbonyl (C=O) groups excluding carboxylic acids is 1. The number of carbonyl (C=O) groups is 1. The van der Waals surface area contributed by atoms with Crippen molar-refractivity contribution >= 4 is 18.3 Å². The Balaban J connectivity index is 0.00000264. The second-order valence-corrected chi connectivity index (χ2v) is 6.16. The molecule has 130 valence electrons. The summed E-state index contributed by atoms with van der Waals surface area (Å²) >= 11 is 0. The van der Waals surface area contributed by atoms with E-state index in [1.807, 2.05) is 12.1 Å². The maximum Gasteiger partial charge on any atom is 0.220 e. The van der Waals surface area contributed by atoms with Gasteiger partial charge in [0, 0.05) is 12.5 Å². The molecule has 1 aromatic rings. The van der Waals surface area contributed by atoms with Crippen molar-refractivity contribution in [3.8, 4) is 5.75 Å². The Kier molecular flexibility index (Phi) is 9.03. The monoisotopic (exact) mass is 340 g/mol. The van der Waals surface area contributed by atoms with Crippen LogP contribution in [0.4, 0.5) is 0 Å². The molecule has 0 saturated heterocycles. The molecule has 1 aliphatic carbocycles. The molecule has 0 spiro atoms. The van der Waals surface area contributed by atoms with Crippen molar-refractivity contribution in [3.63, 3.8) is 0 Å². The predicted molar refractivity (Wildman–Crippen MR) is 96.1 cm³/mol. The summed E-state index contributed by atoms with van der Waals surface area (Å²) in [5, 5.41) is 3.19. The van der Waals surface area contributed by atoms with E-state index in [9.17, 15) is 4.79 Å². The molecule has 2 atom stereocenters. The number of amides is 1. The topological polar surface area (TPSA) is 64.3 Å². The lowest BCUT2D eigenvalue weighted by molar-refractivity contribution is -0.122. The minimum absolute atomic E-state index is 0. The summed E-state index contributed by atoms with van der Waals surface area (Å²) in [7, 11) is 1.67. The first-order chi connectivity index (χ1) is 10.7. The van der Waals surface area contributed by atoms with Crippen LogP contribution in [0.2, 0.25) is 0 Å². The van der Waals surface area contributed by atoms with E-state index in [0.29, 0.717) is 18.9 Å². The first-order valence-corrected chi connectivity index (χ1v) is 8.35. The SMILES string of the molecule is COc1ccc(CCCC(=O)NC2CCCCC2CN)cc1.Cl. The van der Waals surface area contributed by atoms with E-state index in [4.69, 9.17) is 10.5 Å². The average molecular weight is 341 g/mol. The molecule has 4 nitrogen and oxygen atoms in total. The summed E-state index contributed by atoms with van der Waals surface area (Å²) < 4.78 is 5.14. The van der Waals surface area contributed by atoms with Gasteiger partial charge in [-0.1, -0.05) is 25.0 Å². The third-order valence-electron chi connectivity index (χ3n) is 4.59. The van der Waals surface area contributed by atoms with Crippen LogP contribution in [0.3, 0.4) is 0 Å². The number of benzene rings is 1. The van der Waals surface area contributed by atoms with Gasteiger partial charge >= 0.3 is 0 Å². The van der Waals surface area contributed by atoms with Gasteiger partial charge in [0.1, 0.15) is 5.75 Å². The van der Waals surface area contributed by atoms with Crippen LogP contribution in [0, 0.1) is 5.92 Å². The van der Waals surface area contributed by atoms with E-state index in [-0.39, 0.29) is 24.4 Å². The van der Waals surface area contributed by atoms with E-state index < -0.39 is 0 Å². The Labute approximate surface area is 145 Å². The summed E-state index contributed by atoms with van der Waals surface area (Å²) in [6.45, 7) is 0.677. The maximum absolute atomic E-state index is 12.1. The van der Waals surface area contributed by atoms with Crippen molar-refractivity contribution < 1.29 is 9.53 Å². The minimum Gasteiger partial charge on any atom is -0.497 e. The van der Waals surface area contributed by atoms with Gasteiger partial charge in [-0.25, -0.2) is 0 Å². The van der Waals surface area contributed by atoms with Gasteiger partial charge in [0.15, 0.2) is 0 Å². The zero-order chi connectivity index (χ0) is 15.8. The van der Waals surface area contributed by atoms with Crippen LogP contribution < -0.4 is 15.8 Å². The number of halogens is 1. The molecule has 3 N–H and O–H groups in total. The highest BCUT2D eigenvalue weighted by Crippen LogP contribution is 2.23. The first-order valence-electron chi connectivity index (χ1n) is 8.35. The molecule has 2 unspecified atom stereocenters. The highest BCUT2D eigenvalue weighted by atomic mass is 35.5. The summed E-state index contributed by atoms with van der Waals surface area (Å²) in [6, 6.07) is 8.32. The second-order valence-electron chi connectivity index (χ2n) is 6.16. The van der Waals surface area contributed by atoms with Crippen LogP contribution in [0.5, 0.6) is 5.75 Å². The Hall–Kier alpha value is -1.26. The van der Waals surface area contributed by atoms with Gasteiger partial charge in [0.2, 0.25) is 5.91 Å². The Morgan fingerprint density at radius 1 is 1.26 bits per heavy atom. The molecule has 0 heterocycles. The van der Waals surface area contributed by atoms with Crippen molar-refractivity contribution in [2.45, 2.75) is 51.0 Å². The Bertz CT molecular complexity index is 465. The third-order valence-corrected chi connectivity index (χ3v) is 4.59. The fourth-order valence-electron chi connectivity index (χ4n) is 3.20. The average Bonchev–Trinajstić information content (AvgIpc) is 2.56. The third kappa shape index (κ3) is 6.40. The summed E-state index contributed by atoms with van der Waals surface area (Å²) in [4.78, 5) is 12.1. The van der Waals surface area contributed by atoms with Crippen LogP contribution in [-0.2, 0) is 11.2 Å². The Morgan fingerprint density at radius 3 is 2.61 bits per heavy atom. The lowest BCUT2D eigenvalue weighted by atomic mass is 9.84. The van der Waals surface area contributed by atoms with Crippen LogP contribution in [-0.4, -0.2) is 25.6 Å². The van der Waals surface area contributed by atoms with Gasteiger partial charge in [0.25, 0.3) is 0 Å². The largest absolute Gasteiger partial charge is 0.497 e. The van der Waals surface area contributed by atoms with E-state index in [0.717, 1.165) is 31.4 Å². The molecule has 1 fully saturated rings. The Morgan fingerprint density at radius 2 is 1.96 bits per heavy atom. The number of rotatable bonds is 7. The molecule has 5 heteroatoms. The zero-order valence-electron chi connectivity index (χ0n) is 13.9. The van der Waals surface area contributed by atoms with E-state index >= 15 is 0 Å². The number of ether oxygens (including phenoxy) is 1. The molecule has 1 aromatic carbocycles. The van der Waals surface area contributed by atoms with Crippen molar-refractivity contribution in [1.82, 2.24) is 5.32 Å². The van der Waals surface area contributed by atoms with Crippen LogP contribution in [0.25, 0.3) is 0 Å². The van der Waals surface area contributed by atoms with Crippen molar-refractivity contribution in [1.29, 1.82) is 0 Å². The maximum atomic E-state index is 12.1. The van der Waals surface area contributed by atoms with Gasteiger partial charge in [0.05, 0.1) is 7.11 Å². The van der Waals surface area contributed by atoms with Gasteiger partial charge in [-0.2, -0.15) is 0 Å². The number of hydrogen-bond donors (Lipinski definition) is 2. The molecule has 0 bridgehead atoms. The van der Waals surface area contributed by atoms with Gasteiger partial charge in [-0.05, 0) is 55.8 Å². The molecule has 23 heavy (non-hydrogen) atoms. The number of aryl methyl sites for hydroxylation is 1. The fraction of sp³-hybridized carbons (Fsp3) is 0.611. The number of methoxy groups -OCH3 is 1. The first kappa shape index (κ1) is 19.8. The van der Waals surface area contributed by atoms with Gasteiger partial charge < -0.3 is 15.8 Å². The van der Waals surface area contributed by atoms with E-state index in [1.165, 1.54) is 18.4 Å². The summed E-state index contributed by atoms with van der Waals surface area (Å²) in [6.07, 6.45) is 7.04. The smallest absolute Gasteiger partial charge is 0.220 e. The lowest BCUT2D eigenvalue weighted by Gasteiger charge is -2.31. The summed E-state index contributed by atoms with van der Waals surface area (Å²) in [5.74, 6) is 1.49. The van der Waals surface area contributed by atoms with E-state index in [1.54, 1.807) is 7.11 Å². The van der Waals surface area contributed by atoms with Crippen LogP contribution in [0.1, 0.15) is 44.1 Å². The number of hydrogen-bond acceptors (Lipinski definition) is 3. The lowest BCUT2D eigenvalue weighted by Crippen LogP contribution is -2.44. The van der Waals surface area contributed by atoms with E-state index in [2.05, 4.69) is 17.4 Å². The minimum atomic E-state index is 0. The highest BCUT2D eigenvalue weighted by molar-refractivity contribution is 5.85. The number of nitrogens with one attached hydrogen (secondary N) is 1. The van der Waals surface area contributed by atoms with Crippen LogP contribution >= 0.6 is 12.4 Å². The normalized spacial score (nSPS) is 20.4. The van der Waals surface area contributed by atoms with Crippen molar-refractivity contribution in [3.05, 3.63) is 29.8 Å². The fourth-order valence-corrected chi connectivity index (χ4v) is 3.20. The molecule has 0 aromatic heterocycles. The molecule has 1 amide bonds. The molecule has 0 radical (unpaired) electrons. The predicted octanol–water partition coefficient (Wildman–Crippen LogP) is 3.07. The van der Waals surface area contributed by atoms with Crippen LogP contribution in [0.15, 0.2) is 24.3 Å². The van der Waals surface area contributed by atoms with Gasteiger partial charge in [-0.15, -0.1) is 12.4 Å². The molecule has 1 aliphatic rings. The highest BCUT2D eigenvalue weighted by Gasteiger charge is 2.24. The molecule has 2 rings (SSSR count). The number of nitrogens with two attached hydrogens (primary N) is 1. The molecule has 0 aliphatic heterocycles. The summed E-state index contributed by atoms with van der Waals surface area (Å²) in [5.41, 5.74) is 7.05. The van der Waals surface area contributed by atoms with Crippen molar-refractivity contribution in [2.24, 2.45) is 11.7 Å². The molecule has 1 saturated carbocycles. The molecular formula is C18H29ClN2O2. The quantitative estimate of drug-likeness (QED) is 0.801. The zero-order valence-corrected chi connectivity index (χ0v) is 14.7. The van der Waals surface area contributed by atoms with Gasteiger partial charge in [-0.3, -0.25) is 4.79 Å². The van der Waals surface area contributed by atoms with Crippen molar-refractivity contribution in [2.75, 3.05) is 13.7 Å².